The molecule has 2 bridgehead atoms. The Morgan fingerprint density at radius 3 is 2.65 bits per heavy atom. The molecule has 2 fully saturated rings. The van der Waals surface area contributed by atoms with Crippen molar-refractivity contribution < 1.29 is 4.74 Å². The van der Waals surface area contributed by atoms with E-state index in [0.717, 1.165) is 4.47 Å². The third kappa shape index (κ3) is 2.42. The lowest BCUT2D eigenvalue weighted by molar-refractivity contribution is 0.0962. The summed E-state index contributed by atoms with van der Waals surface area (Å²) in [4.78, 5) is 0. The van der Waals surface area contributed by atoms with Crippen molar-refractivity contribution in [3.05, 3.63) is 34.3 Å². The molecule has 0 aliphatic carbocycles. The van der Waals surface area contributed by atoms with Gasteiger partial charge in [-0.15, -0.1) is 0 Å². The van der Waals surface area contributed by atoms with Gasteiger partial charge in [-0.25, -0.2) is 0 Å². The van der Waals surface area contributed by atoms with Crippen LogP contribution in [0.25, 0.3) is 0 Å². The number of halogens is 1. The highest BCUT2D eigenvalue weighted by molar-refractivity contribution is 9.10. The Hall–Kier alpha value is -0.380. The number of hydrogen-bond acceptors (Lipinski definition) is 2. The van der Waals surface area contributed by atoms with Crippen LogP contribution in [0.2, 0.25) is 0 Å². The Balaban J connectivity index is 1.63. The van der Waals surface area contributed by atoms with Gasteiger partial charge >= 0.3 is 0 Å². The molecule has 3 heteroatoms. The van der Waals surface area contributed by atoms with Crippen LogP contribution in [0.15, 0.2) is 28.7 Å². The van der Waals surface area contributed by atoms with Crippen LogP contribution in [-0.4, -0.2) is 18.2 Å². The largest absolute Gasteiger partial charge is 0.373 e. The molecule has 2 saturated heterocycles. The van der Waals surface area contributed by atoms with Crippen molar-refractivity contribution >= 4 is 15.9 Å². The van der Waals surface area contributed by atoms with Gasteiger partial charge in [0.05, 0.1) is 12.2 Å². The molecule has 2 nitrogen and oxygen atoms in total. The lowest BCUT2D eigenvalue weighted by atomic mass is 9.94. The van der Waals surface area contributed by atoms with Gasteiger partial charge in [-0.3, -0.25) is 0 Å². The second kappa shape index (κ2) is 4.71. The van der Waals surface area contributed by atoms with Crippen molar-refractivity contribution in [2.45, 2.75) is 50.5 Å². The predicted octanol–water partition coefficient (Wildman–Crippen LogP) is 3.42. The normalized spacial score (nSPS) is 32.9. The fourth-order valence-corrected chi connectivity index (χ4v) is 3.25. The number of fused-ring (bicyclic) bond motifs is 2. The van der Waals surface area contributed by atoms with Crippen LogP contribution in [0.3, 0.4) is 0 Å². The second-order valence-electron chi connectivity index (χ2n) is 5.16. The van der Waals surface area contributed by atoms with Crippen molar-refractivity contribution in [3.63, 3.8) is 0 Å². The van der Waals surface area contributed by atoms with Gasteiger partial charge in [-0.1, -0.05) is 28.1 Å². The van der Waals surface area contributed by atoms with E-state index in [4.69, 9.17) is 4.74 Å². The standard InChI is InChI=1S/C14H18BrNO/c1-9(10-2-4-11(15)5-3-10)16-13-8-12-6-7-14(13)17-12/h2-5,9,12-14,16H,6-8H2,1H3. The summed E-state index contributed by atoms with van der Waals surface area (Å²) in [6.45, 7) is 2.23. The fourth-order valence-electron chi connectivity index (χ4n) is 2.98. The van der Waals surface area contributed by atoms with Gasteiger partial charge in [-0.2, -0.15) is 0 Å². The van der Waals surface area contributed by atoms with Crippen LogP contribution in [0.4, 0.5) is 0 Å². The van der Waals surface area contributed by atoms with E-state index in [1.165, 1.54) is 24.8 Å². The Kier molecular flexibility index (Phi) is 3.24. The van der Waals surface area contributed by atoms with Gasteiger partial charge in [0.2, 0.25) is 0 Å². The van der Waals surface area contributed by atoms with Crippen LogP contribution in [0.5, 0.6) is 0 Å². The summed E-state index contributed by atoms with van der Waals surface area (Å²) < 4.78 is 7.01. The summed E-state index contributed by atoms with van der Waals surface area (Å²) in [6.07, 6.45) is 4.66. The molecule has 0 radical (unpaired) electrons. The lowest BCUT2D eigenvalue weighted by Crippen LogP contribution is -2.38. The highest BCUT2D eigenvalue weighted by Gasteiger charge is 2.40. The Labute approximate surface area is 111 Å². The zero-order chi connectivity index (χ0) is 11.8. The summed E-state index contributed by atoms with van der Waals surface area (Å²) >= 11 is 3.47. The maximum atomic E-state index is 5.87. The fraction of sp³-hybridized carbons (Fsp3) is 0.571. The third-order valence-corrected chi connectivity index (χ3v) is 4.47. The Morgan fingerprint density at radius 2 is 2.06 bits per heavy atom. The molecule has 1 N–H and O–H groups in total. The number of benzene rings is 1. The molecule has 1 aromatic carbocycles. The van der Waals surface area contributed by atoms with Crippen LogP contribution in [0.1, 0.15) is 37.8 Å². The first-order valence-corrected chi connectivity index (χ1v) is 7.18. The topological polar surface area (TPSA) is 21.3 Å². The van der Waals surface area contributed by atoms with Crippen LogP contribution < -0.4 is 5.32 Å². The molecule has 17 heavy (non-hydrogen) atoms. The van der Waals surface area contributed by atoms with Gasteiger partial charge < -0.3 is 10.1 Å². The summed E-state index contributed by atoms with van der Waals surface area (Å²) in [5.41, 5.74) is 1.34. The second-order valence-corrected chi connectivity index (χ2v) is 6.07. The molecule has 0 aromatic heterocycles. The molecule has 2 heterocycles. The quantitative estimate of drug-likeness (QED) is 0.923. The van der Waals surface area contributed by atoms with Gasteiger partial charge in [0.1, 0.15) is 0 Å². The minimum Gasteiger partial charge on any atom is -0.373 e. The van der Waals surface area contributed by atoms with Gasteiger partial charge in [-0.05, 0) is 43.9 Å². The highest BCUT2D eigenvalue weighted by Crippen LogP contribution is 2.35. The average molecular weight is 296 g/mol. The molecule has 4 unspecified atom stereocenters. The molecular weight excluding hydrogens is 278 g/mol. The molecule has 2 aliphatic rings. The third-order valence-electron chi connectivity index (χ3n) is 3.94. The summed E-state index contributed by atoms with van der Waals surface area (Å²) in [6, 6.07) is 9.50. The van der Waals surface area contributed by atoms with Crippen molar-refractivity contribution in [2.24, 2.45) is 0 Å². The zero-order valence-electron chi connectivity index (χ0n) is 10.0. The van der Waals surface area contributed by atoms with Crippen molar-refractivity contribution in [2.75, 3.05) is 0 Å². The van der Waals surface area contributed by atoms with Crippen LogP contribution in [-0.2, 0) is 4.74 Å². The first-order valence-electron chi connectivity index (χ1n) is 6.39. The van der Waals surface area contributed by atoms with Gasteiger partial charge in [0, 0.05) is 16.6 Å². The lowest BCUT2D eigenvalue weighted by Gasteiger charge is -2.24. The maximum Gasteiger partial charge on any atom is 0.0733 e. The summed E-state index contributed by atoms with van der Waals surface area (Å²) in [5, 5.41) is 3.71. The van der Waals surface area contributed by atoms with E-state index in [1.54, 1.807) is 0 Å². The molecule has 92 valence electrons. The number of hydrogen-bond donors (Lipinski definition) is 1. The van der Waals surface area contributed by atoms with E-state index < -0.39 is 0 Å². The SMILES string of the molecule is CC(NC1CC2CCC1O2)c1ccc(Br)cc1. The van der Waals surface area contributed by atoms with Crippen molar-refractivity contribution in [1.82, 2.24) is 5.32 Å². The molecular formula is C14H18BrNO. The average Bonchev–Trinajstić information content (AvgIpc) is 2.91. The van der Waals surface area contributed by atoms with E-state index >= 15 is 0 Å². The van der Waals surface area contributed by atoms with Crippen LogP contribution >= 0.6 is 15.9 Å². The molecule has 0 spiro atoms. The molecule has 4 atom stereocenters. The Morgan fingerprint density at radius 1 is 1.29 bits per heavy atom. The van der Waals surface area contributed by atoms with Crippen LogP contribution in [0, 0.1) is 0 Å². The van der Waals surface area contributed by atoms with Gasteiger partial charge in [0.15, 0.2) is 0 Å². The van der Waals surface area contributed by atoms with E-state index in [2.05, 4.69) is 52.4 Å². The predicted molar refractivity (Wildman–Crippen MR) is 72.0 cm³/mol. The maximum absolute atomic E-state index is 5.87. The molecule has 1 aromatic rings. The van der Waals surface area contributed by atoms with E-state index in [0.29, 0.717) is 24.3 Å². The van der Waals surface area contributed by atoms with Crippen molar-refractivity contribution in [1.29, 1.82) is 0 Å². The van der Waals surface area contributed by atoms with E-state index in [9.17, 15) is 0 Å². The number of nitrogens with one attached hydrogen (secondary N) is 1. The molecule has 0 saturated carbocycles. The summed E-state index contributed by atoms with van der Waals surface area (Å²) in [5.74, 6) is 0. The number of ether oxygens (including phenoxy) is 1. The summed E-state index contributed by atoms with van der Waals surface area (Å²) in [7, 11) is 0. The molecule has 2 aliphatic heterocycles. The Bertz CT molecular complexity index is 392. The first kappa shape index (κ1) is 11.7. The smallest absolute Gasteiger partial charge is 0.0733 e. The van der Waals surface area contributed by atoms with Crippen molar-refractivity contribution in [3.8, 4) is 0 Å². The molecule has 0 amide bonds. The minimum absolute atomic E-state index is 0.399. The number of rotatable bonds is 3. The molecule has 3 rings (SSSR count). The zero-order valence-corrected chi connectivity index (χ0v) is 11.6. The monoisotopic (exact) mass is 295 g/mol. The van der Waals surface area contributed by atoms with E-state index in [1.807, 2.05) is 0 Å². The van der Waals surface area contributed by atoms with Gasteiger partial charge in [0.25, 0.3) is 0 Å². The first-order chi connectivity index (χ1) is 8.22. The highest BCUT2D eigenvalue weighted by atomic mass is 79.9. The minimum atomic E-state index is 0.399. The van der Waals surface area contributed by atoms with E-state index in [-0.39, 0.29) is 0 Å².